The zero-order valence-corrected chi connectivity index (χ0v) is 16.1. The Labute approximate surface area is 167 Å². The largest absolute Gasteiger partial charge is 0.382 e. The Morgan fingerprint density at radius 3 is 3.03 bits per heavy atom. The minimum atomic E-state index is 0.162. The fourth-order valence-electron chi connectivity index (χ4n) is 4.21. The molecule has 1 fully saturated rings. The van der Waals surface area contributed by atoms with E-state index >= 15 is 0 Å². The van der Waals surface area contributed by atoms with Gasteiger partial charge in [0.05, 0.1) is 6.33 Å². The van der Waals surface area contributed by atoms with Crippen LogP contribution in [0.2, 0.25) is 0 Å². The molecular weight excluding hydrogens is 366 g/mol. The van der Waals surface area contributed by atoms with Gasteiger partial charge < -0.3 is 20.2 Å². The molecule has 1 saturated heterocycles. The number of nitrogens with two attached hydrogens (primary N) is 1. The van der Waals surface area contributed by atoms with Crippen LogP contribution >= 0.6 is 0 Å². The molecule has 0 aliphatic carbocycles. The van der Waals surface area contributed by atoms with E-state index < -0.39 is 0 Å². The third kappa shape index (κ3) is 3.30. The highest BCUT2D eigenvalue weighted by atomic mass is 16.2. The fourth-order valence-corrected chi connectivity index (χ4v) is 4.21. The number of H-pyrrole nitrogens is 1. The molecule has 1 aliphatic heterocycles. The summed E-state index contributed by atoms with van der Waals surface area (Å²) in [6.45, 7) is 2.10. The van der Waals surface area contributed by atoms with Crippen LogP contribution in [0.25, 0.3) is 22.1 Å². The number of aryl methyl sites for hydroxylation is 1. The lowest BCUT2D eigenvalue weighted by molar-refractivity contribution is -0.132. The molecule has 4 aromatic rings. The Hall–Kier alpha value is -3.42. The van der Waals surface area contributed by atoms with Crippen molar-refractivity contribution in [2.24, 2.45) is 0 Å². The number of carbonyl (C=O) groups excluding carboxylic acids is 1. The molecule has 0 saturated carbocycles. The Kier molecular flexibility index (Phi) is 4.38. The number of hydrogen-bond donors (Lipinski definition) is 2. The van der Waals surface area contributed by atoms with E-state index in [0.717, 1.165) is 31.4 Å². The van der Waals surface area contributed by atoms with Crippen molar-refractivity contribution >= 4 is 33.8 Å². The first-order valence-corrected chi connectivity index (χ1v) is 9.96. The SMILES string of the molecule is Nc1ncnc2c1ncn2CCC(=O)N1CCCC(c2cc3ccccc3[nH]2)C1. The van der Waals surface area contributed by atoms with Crippen LogP contribution in [0.1, 0.15) is 30.9 Å². The molecule has 0 spiro atoms. The van der Waals surface area contributed by atoms with Crippen molar-refractivity contribution in [1.29, 1.82) is 0 Å². The number of likely N-dealkylation sites (tertiary alicyclic amines) is 1. The number of nitrogen functional groups attached to an aromatic ring is 1. The maximum Gasteiger partial charge on any atom is 0.224 e. The zero-order valence-electron chi connectivity index (χ0n) is 16.1. The van der Waals surface area contributed by atoms with Crippen LogP contribution in [0.3, 0.4) is 0 Å². The van der Waals surface area contributed by atoms with Crippen molar-refractivity contribution in [3.05, 3.63) is 48.7 Å². The molecule has 3 N–H and O–H groups in total. The van der Waals surface area contributed by atoms with E-state index in [0.29, 0.717) is 35.9 Å². The molecule has 148 valence electrons. The van der Waals surface area contributed by atoms with E-state index in [1.165, 1.54) is 17.4 Å². The van der Waals surface area contributed by atoms with Gasteiger partial charge in [0.15, 0.2) is 11.5 Å². The van der Waals surface area contributed by atoms with Gasteiger partial charge in [0.1, 0.15) is 11.8 Å². The second kappa shape index (κ2) is 7.20. The molecule has 5 rings (SSSR count). The molecule has 1 amide bonds. The Bertz CT molecular complexity index is 1150. The van der Waals surface area contributed by atoms with E-state index in [2.05, 4.69) is 44.2 Å². The van der Waals surface area contributed by atoms with Crippen molar-refractivity contribution in [1.82, 2.24) is 29.4 Å². The number of nitrogens with one attached hydrogen (secondary N) is 1. The summed E-state index contributed by atoms with van der Waals surface area (Å²) in [4.78, 5) is 30.9. The number of aromatic nitrogens is 5. The number of imidazole rings is 1. The minimum absolute atomic E-state index is 0.162. The van der Waals surface area contributed by atoms with Gasteiger partial charge in [0.25, 0.3) is 0 Å². The topological polar surface area (TPSA) is 106 Å². The second-order valence-electron chi connectivity index (χ2n) is 7.61. The number of para-hydroxylation sites is 1. The maximum atomic E-state index is 12.9. The molecule has 0 bridgehead atoms. The van der Waals surface area contributed by atoms with Gasteiger partial charge in [0.2, 0.25) is 5.91 Å². The molecule has 29 heavy (non-hydrogen) atoms. The van der Waals surface area contributed by atoms with Gasteiger partial charge in [-0.3, -0.25) is 4.79 Å². The van der Waals surface area contributed by atoms with Crippen LogP contribution in [0.15, 0.2) is 43.0 Å². The summed E-state index contributed by atoms with van der Waals surface area (Å²) in [5.74, 6) is 0.869. The van der Waals surface area contributed by atoms with Crippen molar-refractivity contribution in [2.45, 2.75) is 31.7 Å². The smallest absolute Gasteiger partial charge is 0.224 e. The normalized spacial score (nSPS) is 17.2. The molecular formula is C21H23N7O. The Morgan fingerprint density at radius 1 is 1.24 bits per heavy atom. The van der Waals surface area contributed by atoms with E-state index in [-0.39, 0.29) is 5.91 Å². The standard InChI is InChI=1S/C21H23N7O/c22-20-19-21(24-12-23-20)28(13-25-19)9-7-18(29)27-8-3-5-15(11-27)17-10-14-4-1-2-6-16(14)26-17/h1-2,4,6,10,12-13,15,26H,3,5,7-9,11H2,(H2,22,23,24). The van der Waals surface area contributed by atoms with Crippen LogP contribution in [0, 0.1) is 0 Å². The Morgan fingerprint density at radius 2 is 2.14 bits per heavy atom. The number of anilines is 1. The number of nitrogens with zero attached hydrogens (tertiary/aromatic N) is 5. The van der Waals surface area contributed by atoms with E-state index in [1.807, 2.05) is 15.5 Å². The number of fused-ring (bicyclic) bond motifs is 2. The molecule has 1 unspecified atom stereocenters. The van der Waals surface area contributed by atoms with Gasteiger partial charge in [-0.25, -0.2) is 15.0 Å². The van der Waals surface area contributed by atoms with Crippen molar-refractivity contribution < 1.29 is 4.79 Å². The van der Waals surface area contributed by atoms with Crippen molar-refractivity contribution in [3.63, 3.8) is 0 Å². The summed E-state index contributed by atoms with van der Waals surface area (Å²) in [6.07, 6.45) is 5.62. The first-order valence-electron chi connectivity index (χ1n) is 9.96. The number of aromatic amines is 1. The summed E-state index contributed by atoms with van der Waals surface area (Å²) in [5, 5.41) is 1.22. The average Bonchev–Trinajstić information content (AvgIpc) is 3.37. The molecule has 1 atom stereocenters. The molecule has 3 aromatic heterocycles. The van der Waals surface area contributed by atoms with Crippen LogP contribution < -0.4 is 5.73 Å². The van der Waals surface area contributed by atoms with E-state index in [1.54, 1.807) is 6.33 Å². The number of hydrogen-bond acceptors (Lipinski definition) is 5. The van der Waals surface area contributed by atoms with Gasteiger partial charge in [-0.15, -0.1) is 0 Å². The summed E-state index contributed by atoms with van der Waals surface area (Å²) in [5.41, 5.74) is 9.45. The molecule has 0 radical (unpaired) electrons. The van der Waals surface area contributed by atoms with Gasteiger partial charge in [0, 0.05) is 43.2 Å². The molecule has 8 nitrogen and oxygen atoms in total. The second-order valence-corrected chi connectivity index (χ2v) is 7.61. The molecule has 1 aromatic carbocycles. The van der Waals surface area contributed by atoms with Crippen LogP contribution in [-0.2, 0) is 11.3 Å². The lowest BCUT2D eigenvalue weighted by Gasteiger charge is -2.32. The van der Waals surface area contributed by atoms with Crippen LogP contribution in [0.5, 0.6) is 0 Å². The lowest BCUT2D eigenvalue weighted by Crippen LogP contribution is -2.39. The first-order chi connectivity index (χ1) is 14.2. The summed E-state index contributed by atoms with van der Waals surface area (Å²) in [6, 6.07) is 10.5. The number of rotatable bonds is 4. The summed E-state index contributed by atoms with van der Waals surface area (Å²) < 4.78 is 1.87. The Balaban J connectivity index is 1.26. The van der Waals surface area contributed by atoms with Crippen LogP contribution in [0.4, 0.5) is 5.82 Å². The number of amides is 1. The van der Waals surface area contributed by atoms with Crippen LogP contribution in [-0.4, -0.2) is 48.4 Å². The van der Waals surface area contributed by atoms with Gasteiger partial charge in [-0.2, -0.15) is 0 Å². The predicted molar refractivity (Wildman–Crippen MR) is 111 cm³/mol. The van der Waals surface area contributed by atoms with E-state index in [9.17, 15) is 4.79 Å². The number of benzene rings is 1. The van der Waals surface area contributed by atoms with Gasteiger partial charge in [-0.1, -0.05) is 18.2 Å². The minimum Gasteiger partial charge on any atom is -0.382 e. The van der Waals surface area contributed by atoms with Gasteiger partial charge >= 0.3 is 0 Å². The van der Waals surface area contributed by atoms with Crippen molar-refractivity contribution in [3.8, 4) is 0 Å². The highest BCUT2D eigenvalue weighted by molar-refractivity contribution is 5.82. The fraction of sp³-hybridized carbons (Fsp3) is 0.333. The molecule has 4 heterocycles. The number of piperidine rings is 1. The van der Waals surface area contributed by atoms with E-state index in [4.69, 9.17) is 5.73 Å². The molecule has 1 aliphatic rings. The monoisotopic (exact) mass is 389 g/mol. The maximum absolute atomic E-state index is 12.9. The highest BCUT2D eigenvalue weighted by Gasteiger charge is 2.25. The third-order valence-electron chi connectivity index (χ3n) is 5.76. The predicted octanol–water partition coefficient (Wildman–Crippen LogP) is 2.69. The zero-order chi connectivity index (χ0) is 19.8. The molecule has 8 heteroatoms. The highest BCUT2D eigenvalue weighted by Crippen LogP contribution is 2.29. The number of carbonyl (C=O) groups is 1. The third-order valence-corrected chi connectivity index (χ3v) is 5.76. The summed E-state index contributed by atoms with van der Waals surface area (Å²) >= 11 is 0. The average molecular weight is 389 g/mol. The van der Waals surface area contributed by atoms with Gasteiger partial charge in [-0.05, 0) is 30.4 Å². The quantitative estimate of drug-likeness (QED) is 0.558. The van der Waals surface area contributed by atoms with Crippen molar-refractivity contribution in [2.75, 3.05) is 18.8 Å². The first kappa shape index (κ1) is 17.7. The summed E-state index contributed by atoms with van der Waals surface area (Å²) in [7, 11) is 0. The lowest BCUT2D eigenvalue weighted by atomic mass is 9.94.